The number of para-hydroxylation sites is 2. The number of morpholine rings is 1. The third-order valence-corrected chi connectivity index (χ3v) is 6.27. The molecule has 12 heteroatoms. The van der Waals surface area contributed by atoms with E-state index < -0.39 is 5.97 Å². The van der Waals surface area contributed by atoms with Gasteiger partial charge in [0.05, 0.1) is 43.1 Å². The quantitative estimate of drug-likeness (QED) is 0.313. The van der Waals surface area contributed by atoms with Crippen LogP contribution in [0.25, 0.3) is 27.9 Å². The normalized spacial score (nSPS) is 13.8. The summed E-state index contributed by atoms with van der Waals surface area (Å²) in [5.41, 5.74) is 2.97. The highest BCUT2D eigenvalue weighted by molar-refractivity contribution is 6.02. The van der Waals surface area contributed by atoms with E-state index >= 15 is 0 Å². The van der Waals surface area contributed by atoms with E-state index in [1.54, 1.807) is 48.1 Å². The Morgan fingerprint density at radius 1 is 1.11 bits per heavy atom. The van der Waals surface area contributed by atoms with Crippen LogP contribution in [0, 0.1) is 5.82 Å². The summed E-state index contributed by atoms with van der Waals surface area (Å²) >= 11 is 0. The fourth-order valence-electron chi connectivity index (χ4n) is 4.45. The summed E-state index contributed by atoms with van der Waals surface area (Å²) < 4.78 is 26.9. The summed E-state index contributed by atoms with van der Waals surface area (Å²) in [5, 5.41) is 3.31. The SMILES string of the molecule is CCOC(=O)c1cccc2[nH]c(CNc3nc(N4CCOCC4)nc4c3ncn4-c3ccccc3F)nc12. The molecule has 0 atom stereocenters. The van der Waals surface area contributed by atoms with Gasteiger partial charge in [-0.15, -0.1) is 0 Å². The molecular formula is C26H25FN8O3. The van der Waals surface area contributed by atoms with E-state index in [9.17, 15) is 9.18 Å². The van der Waals surface area contributed by atoms with Crippen molar-refractivity contribution in [1.29, 1.82) is 0 Å². The molecule has 1 saturated heterocycles. The topological polar surface area (TPSA) is 123 Å². The lowest BCUT2D eigenvalue weighted by Gasteiger charge is -2.27. The van der Waals surface area contributed by atoms with Gasteiger partial charge in [-0.1, -0.05) is 18.2 Å². The number of ether oxygens (including phenoxy) is 2. The minimum atomic E-state index is -0.421. The van der Waals surface area contributed by atoms with Crippen LogP contribution in [-0.2, 0) is 16.0 Å². The van der Waals surface area contributed by atoms with Gasteiger partial charge in [-0.05, 0) is 31.2 Å². The number of fused-ring (bicyclic) bond motifs is 2. The second-order valence-corrected chi connectivity index (χ2v) is 8.67. The number of anilines is 2. The molecule has 1 fully saturated rings. The number of hydrogen-bond acceptors (Lipinski definition) is 9. The first kappa shape index (κ1) is 23.8. The van der Waals surface area contributed by atoms with Crippen molar-refractivity contribution in [3.63, 3.8) is 0 Å². The summed E-state index contributed by atoms with van der Waals surface area (Å²) in [6, 6.07) is 11.8. The van der Waals surface area contributed by atoms with Crippen molar-refractivity contribution >= 4 is 39.9 Å². The van der Waals surface area contributed by atoms with Crippen molar-refractivity contribution in [2.24, 2.45) is 0 Å². The lowest BCUT2D eigenvalue weighted by Crippen LogP contribution is -2.37. The Hall–Kier alpha value is -4.58. The zero-order valence-corrected chi connectivity index (χ0v) is 20.6. The lowest BCUT2D eigenvalue weighted by molar-refractivity contribution is 0.0528. The molecule has 1 aliphatic heterocycles. The number of aromatic nitrogens is 6. The molecule has 194 valence electrons. The van der Waals surface area contributed by atoms with Gasteiger partial charge in [-0.2, -0.15) is 9.97 Å². The molecule has 2 aromatic carbocycles. The lowest BCUT2D eigenvalue weighted by atomic mass is 10.2. The minimum absolute atomic E-state index is 0.276. The minimum Gasteiger partial charge on any atom is -0.462 e. The van der Waals surface area contributed by atoms with Crippen LogP contribution in [0.2, 0.25) is 0 Å². The molecular weight excluding hydrogens is 491 g/mol. The Kier molecular flexibility index (Phi) is 6.30. The fraction of sp³-hybridized carbons (Fsp3) is 0.269. The summed E-state index contributed by atoms with van der Waals surface area (Å²) in [6.07, 6.45) is 1.54. The van der Waals surface area contributed by atoms with Crippen molar-refractivity contribution in [3.8, 4) is 5.69 Å². The average Bonchev–Trinajstić information content (AvgIpc) is 3.56. The summed E-state index contributed by atoms with van der Waals surface area (Å²) in [5.74, 6) is 0.779. The van der Waals surface area contributed by atoms with E-state index in [2.05, 4.69) is 20.3 Å². The Morgan fingerprint density at radius 2 is 1.95 bits per heavy atom. The number of hydrogen-bond donors (Lipinski definition) is 2. The zero-order valence-electron chi connectivity index (χ0n) is 20.6. The highest BCUT2D eigenvalue weighted by Gasteiger charge is 2.21. The second-order valence-electron chi connectivity index (χ2n) is 8.67. The Balaban J connectivity index is 1.37. The molecule has 4 heterocycles. The standard InChI is InChI=1S/C26H25FN8O3/c1-2-38-25(36)16-6-5-8-18-21(16)31-20(30-18)14-28-23-22-24(33-26(32-23)34-10-12-37-13-11-34)35(15-29-22)19-9-4-3-7-17(19)27/h3-9,15H,2,10-14H2,1H3,(H,30,31)(H,28,32,33). The molecule has 0 bridgehead atoms. The van der Waals surface area contributed by atoms with E-state index in [4.69, 9.17) is 19.4 Å². The number of nitrogens with zero attached hydrogens (tertiary/aromatic N) is 6. The van der Waals surface area contributed by atoms with Crippen molar-refractivity contribution in [2.75, 3.05) is 43.1 Å². The largest absolute Gasteiger partial charge is 0.462 e. The maximum atomic E-state index is 14.7. The first-order valence-electron chi connectivity index (χ1n) is 12.3. The maximum absolute atomic E-state index is 14.7. The molecule has 1 aliphatic rings. The number of rotatable bonds is 7. The van der Waals surface area contributed by atoms with E-state index in [1.807, 2.05) is 11.0 Å². The fourth-order valence-corrected chi connectivity index (χ4v) is 4.45. The number of nitrogens with one attached hydrogen (secondary N) is 2. The Bertz CT molecular complexity index is 1630. The number of H-pyrrole nitrogens is 1. The Morgan fingerprint density at radius 3 is 2.76 bits per heavy atom. The molecule has 3 aromatic heterocycles. The summed E-state index contributed by atoms with van der Waals surface area (Å²) in [7, 11) is 0. The second kappa shape index (κ2) is 10.1. The molecule has 0 amide bonds. The van der Waals surface area contributed by atoms with Crippen LogP contribution in [0.5, 0.6) is 0 Å². The Labute approximate surface area is 216 Å². The highest BCUT2D eigenvalue weighted by Crippen LogP contribution is 2.27. The average molecular weight is 517 g/mol. The summed E-state index contributed by atoms with van der Waals surface area (Å²) in [4.78, 5) is 36.3. The third-order valence-electron chi connectivity index (χ3n) is 6.27. The smallest absolute Gasteiger partial charge is 0.340 e. The molecule has 5 aromatic rings. The molecule has 38 heavy (non-hydrogen) atoms. The molecule has 0 radical (unpaired) electrons. The predicted molar refractivity (Wildman–Crippen MR) is 139 cm³/mol. The zero-order chi connectivity index (χ0) is 26.1. The number of carbonyl (C=O) groups is 1. The molecule has 2 N–H and O–H groups in total. The predicted octanol–water partition coefficient (Wildman–Crippen LogP) is 3.46. The van der Waals surface area contributed by atoms with E-state index in [1.165, 1.54) is 6.07 Å². The first-order valence-corrected chi connectivity index (χ1v) is 12.3. The van der Waals surface area contributed by atoms with Gasteiger partial charge in [0.25, 0.3) is 0 Å². The first-order chi connectivity index (χ1) is 18.6. The van der Waals surface area contributed by atoms with Crippen LogP contribution in [-0.4, -0.2) is 68.4 Å². The number of carbonyl (C=O) groups excluding carboxylic acids is 1. The van der Waals surface area contributed by atoms with Crippen LogP contribution in [0.15, 0.2) is 48.8 Å². The van der Waals surface area contributed by atoms with Gasteiger partial charge in [0.2, 0.25) is 5.95 Å². The number of halogens is 1. The monoisotopic (exact) mass is 516 g/mol. The number of imidazole rings is 2. The highest BCUT2D eigenvalue weighted by atomic mass is 19.1. The van der Waals surface area contributed by atoms with Gasteiger partial charge in [0, 0.05) is 13.1 Å². The number of esters is 1. The maximum Gasteiger partial charge on any atom is 0.340 e. The van der Waals surface area contributed by atoms with Crippen molar-refractivity contribution in [1.82, 2.24) is 29.5 Å². The van der Waals surface area contributed by atoms with Crippen LogP contribution in [0.4, 0.5) is 16.2 Å². The molecule has 0 saturated carbocycles. The summed E-state index contributed by atoms with van der Waals surface area (Å²) in [6.45, 7) is 4.73. The molecule has 6 rings (SSSR count). The van der Waals surface area contributed by atoms with Crippen LogP contribution >= 0.6 is 0 Å². The molecule has 0 spiro atoms. The van der Waals surface area contributed by atoms with Gasteiger partial charge in [-0.3, -0.25) is 4.57 Å². The van der Waals surface area contributed by atoms with Gasteiger partial charge in [0.1, 0.15) is 23.5 Å². The van der Waals surface area contributed by atoms with Crippen LogP contribution in [0.1, 0.15) is 23.1 Å². The van der Waals surface area contributed by atoms with Crippen LogP contribution in [0.3, 0.4) is 0 Å². The van der Waals surface area contributed by atoms with E-state index in [-0.39, 0.29) is 19.0 Å². The molecule has 0 unspecified atom stereocenters. The third kappa shape index (κ3) is 4.39. The van der Waals surface area contributed by atoms with E-state index in [0.29, 0.717) is 71.8 Å². The van der Waals surface area contributed by atoms with E-state index in [0.717, 1.165) is 5.52 Å². The van der Waals surface area contributed by atoms with Gasteiger partial charge in [0.15, 0.2) is 17.0 Å². The van der Waals surface area contributed by atoms with Crippen molar-refractivity contribution in [3.05, 3.63) is 66.0 Å². The number of benzene rings is 2. The van der Waals surface area contributed by atoms with Crippen molar-refractivity contribution < 1.29 is 18.7 Å². The number of aromatic amines is 1. The molecule has 11 nitrogen and oxygen atoms in total. The van der Waals surface area contributed by atoms with Gasteiger partial charge >= 0.3 is 5.97 Å². The van der Waals surface area contributed by atoms with Gasteiger partial charge in [-0.25, -0.2) is 19.2 Å². The molecule has 0 aliphatic carbocycles. The van der Waals surface area contributed by atoms with Crippen LogP contribution < -0.4 is 10.2 Å². The van der Waals surface area contributed by atoms with Gasteiger partial charge < -0.3 is 24.7 Å². The van der Waals surface area contributed by atoms with Crippen molar-refractivity contribution in [2.45, 2.75) is 13.5 Å².